The highest BCUT2D eigenvalue weighted by Gasteiger charge is 2.32. The van der Waals surface area contributed by atoms with Gasteiger partial charge >= 0.3 is 0 Å². The van der Waals surface area contributed by atoms with E-state index in [1.165, 1.54) is 6.26 Å². The fraction of sp³-hybridized carbons (Fsp3) is 0.615. The molecular formula is C13H20N2O3. The summed E-state index contributed by atoms with van der Waals surface area (Å²) < 4.78 is 5.10. The molecule has 0 spiro atoms. The molecule has 0 amide bonds. The molecule has 0 saturated carbocycles. The third-order valence-electron chi connectivity index (χ3n) is 3.22. The summed E-state index contributed by atoms with van der Waals surface area (Å²) in [4.78, 5) is 16.1. The zero-order valence-corrected chi connectivity index (χ0v) is 10.9. The minimum absolute atomic E-state index is 0.0298. The molecule has 2 unspecified atom stereocenters. The number of rotatable bonds is 5. The van der Waals surface area contributed by atoms with Crippen LogP contribution in [0.2, 0.25) is 0 Å². The number of carbonyl (C=O) groups excluding carboxylic acids is 1. The molecule has 1 saturated heterocycles. The molecule has 100 valence electrons. The van der Waals surface area contributed by atoms with E-state index in [0.717, 1.165) is 13.0 Å². The van der Waals surface area contributed by atoms with Crippen molar-refractivity contribution in [2.75, 3.05) is 33.7 Å². The lowest BCUT2D eigenvalue weighted by atomic mass is 10.2. The van der Waals surface area contributed by atoms with Crippen LogP contribution in [0.25, 0.3) is 0 Å². The van der Waals surface area contributed by atoms with E-state index in [1.54, 1.807) is 12.1 Å². The summed E-state index contributed by atoms with van der Waals surface area (Å²) in [6.07, 6.45) is 1.90. The van der Waals surface area contributed by atoms with Crippen molar-refractivity contribution in [3.05, 3.63) is 24.2 Å². The summed E-state index contributed by atoms with van der Waals surface area (Å²) in [7, 11) is 3.99. The van der Waals surface area contributed by atoms with Crippen molar-refractivity contribution in [1.29, 1.82) is 0 Å². The lowest BCUT2D eigenvalue weighted by Gasteiger charge is -2.25. The highest BCUT2D eigenvalue weighted by molar-refractivity contribution is 5.95. The normalized spacial score (nSPS) is 24.9. The second kappa shape index (κ2) is 5.65. The SMILES string of the molecule is CN(C)CC1CC(O)CN1CC(=O)c1ccco1. The standard InChI is InChI=1S/C13H20N2O3/c1-14(2)7-10-6-11(16)8-15(10)9-12(17)13-4-3-5-18-13/h3-5,10-11,16H,6-9H2,1-2H3. The maximum absolute atomic E-state index is 12.0. The Labute approximate surface area is 107 Å². The maximum atomic E-state index is 12.0. The molecule has 1 N–H and O–H groups in total. The van der Waals surface area contributed by atoms with Gasteiger partial charge in [-0.1, -0.05) is 0 Å². The smallest absolute Gasteiger partial charge is 0.211 e. The highest BCUT2D eigenvalue weighted by Crippen LogP contribution is 2.19. The predicted octanol–water partition coefficient (Wildman–Crippen LogP) is 0.459. The Bertz CT molecular complexity index is 389. The molecule has 1 aliphatic heterocycles. The first-order valence-electron chi connectivity index (χ1n) is 6.20. The van der Waals surface area contributed by atoms with Crippen LogP contribution in [-0.4, -0.2) is 66.6 Å². The van der Waals surface area contributed by atoms with Gasteiger partial charge in [-0.2, -0.15) is 0 Å². The van der Waals surface area contributed by atoms with Crippen LogP contribution < -0.4 is 0 Å². The van der Waals surface area contributed by atoms with Gasteiger partial charge in [0.2, 0.25) is 5.78 Å². The molecule has 5 heteroatoms. The van der Waals surface area contributed by atoms with Crippen LogP contribution in [0.5, 0.6) is 0 Å². The number of Topliss-reactive ketones (excluding diaryl/α,β-unsaturated/α-hetero) is 1. The topological polar surface area (TPSA) is 56.9 Å². The van der Waals surface area contributed by atoms with Gasteiger partial charge in [0.25, 0.3) is 0 Å². The highest BCUT2D eigenvalue weighted by atomic mass is 16.3. The zero-order chi connectivity index (χ0) is 13.1. The van der Waals surface area contributed by atoms with Crippen LogP contribution in [0.4, 0.5) is 0 Å². The van der Waals surface area contributed by atoms with Crippen molar-refractivity contribution in [3.63, 3.8) is 0 Å². The number of likely N-dealkylation sites (tertiary alicyclic amines) is 1. The van der Waals surface area contributed by atoms with Gasteiger partial charge in [-0.3, -0.25) is 9.69 Å². The number of β-amino-alcohol motifs (C(OH)–C–C–N with tert-alkyl or cyclic N) is 1. The van der Waals surface area contributed by atoms with E-state index in [9.17, 15) is 9.90 Å². The van der Waals surface area contributed by atoms with Gasteiger partial charge in [-0.25, -0.2) is 0 Å². The quantitative estimate of drug-likeness (QED) is 0.772. The van der Waals surface area contributed by atoms with Gasteiger partial charge in [0.1, 0.15) is 0 Å². The van der Waals surface area contributed by atoms with Crippen LogP contribution >= 0.6 is 0 Å². The number of hydrogen-bond acceptors (Lipinski definition) is 5. The van der Waals surface area contributed by atoms with E-state index in [0.29, 0.717) is 18.8 Å². The van der Waals surface area contributed by atoms with Crippen molar-refractivity contribution in [3.8, 4) is 0 Å². The minimum Gasteiger partial charge on any atom is -0.461 e. The lowest BCUT2D eigenvalue weighted by Crippen LogP contribution is -2.40. The molecule has 1 aromatic rings. The maximum Gasteiger partial charge on any atom is 0.211 e. The van der Waals surface area contributed by atoms with Crippen molar-refractivity contribution < 1.29 is 14.3 Å². The molecule has 2 heterocycles. The first kappa shape index (κ1) is 13.3. The number of ketones is 1. The molecule has 5 nitrogen and oxygen atoms in total. The van der Waals surface area contributed by atoms with E-state index in [2.05, 4.69) is 4.90 Å². The van der Waals surface area contributed by atoms with Crippen LogP contribution in [0, 0.1) is 0 Å². The second-order valence-electron chi connectivity index (χ2n) is 5.14. The first-order chi connectivity index (χ1) is 8.56. The number of aliphatic hydroxyl groups is 1. The minimum atomic E-state index is -0.334. The van der Waals surface area contributed by atoms with E-state index in [1.807, 2.05) is 19.0 Å². The molecule has 1 fully saturated rings. The predicted molar refractivity (Wildman–Crippen MR) is 67.6 cm³/mol. The fourth-order valence-electron chi connectivity index (χ4n) is 2.46. The van der Waals surface area contributed by atoms with Crippen molar-refractivity contribution in [2.24, 2.45) is 0 Å². The molecule has 2 atom stereocenters. The second-order valence-corrected chi connectivity index (χ2v) is 5.14. The van der Waals surface area contributed by atoms with Crippen LogP contribution in [-0.2, 0) is 0 Å². The average molecular weight is 252 g/mol. The number of hydrogen-bond donors (Lipinski definition) is 1. The summed E-state index contributed by atoms with van der Waals surface area (Å²) in [5.74, 6) is 0.359. The van der Waals surface area contributed by atoms with Gasteiger partial charge in [-0.15, -0.1) is 0 Å². The Morgan fingerprint density at radius 1 is 1.61 bits per heavy atom. The summed E-state index contributed by atoms with van der Waals surface area (Å²) in [5.41, 5.74) is 0. The van der Waals surface area contributed by atoms with E-state index in [-0.39, 0.29) is 17.9 Å². The Balaban J connectivity index is 1.96. The molecule has 1 aromatic heterocycles. The number of furan rings is 1. The third kappa shape index (κ3) is 3.19. The molecule has 0 radical (unpaired) electrons. The largest absolute Gasteiger partial charge is 0.461 e. The molecule has 0 aromatic carbocycles. The summed E-state index contributed by atoms with van der Waals surface area (Å²) in [6.45, 7) is 1.72. The molecule has 0 aliphatic carbocycles. The van der Waals surface area contributed by atoms with Gasteiger partial charge < -0.3 is 14.4 Å². The van der Waals surface area contributed by atoms with Gasteiger partial charge in [-0.05, 0) is 32.6 Å². The summed E-state index contributed by atoms with van der Waals surface area (Å²) in [6, 6.07) is 3.62. The first-order valence-corrected chi connectivity index (χ1v) is 6.20. The third-order valence-corrected chi connectivity index (χ3v) is 3.22. The van der Waals surface area contributed by atoms with Crippen LogP contribution in [0.15, 0.2) is 22.8 Å². The molecular weight excluding hydrogens is 232 g/mol. The number of nitrogens with zero attached hydrogens (tertiary/aromatic N) is 2. The number of carbonyl (C=O) groups is 1. The Kier molecular flexibility index (Phi) is 4.16. The average Bonchev–Trinajstić information content (AvgIpc) is 2.88. The Hall–Kier alpha value is -1.17. The van der Waals surface area contributed by atoms with Crippen molar-refractivity contribution in [1.82, 2.24) is 9.80 Å². The van der Waals surface area contributed by atoms with Gasteiger partial charge in [0, 0.05) is 19.1 Å². The Morgan fingerprint density at radius 2 is 2.39 bits per heavy atom. The monoisotopic (exact) mass is 252 g/mol. The molecule has 2 rings (SSSR count). The van der Waals surface area contributed by atoms with Gasteiger partial charge in [0.15, 0.2) is 5.76 Å². The van der Waals surface area contributed by atoms with Crippen molar-refractivity contribution >= 4 is 5.78 Å². The van der Waals surface area contributed by atoms with Crippen molar-refractivity contribution in [2.45, 2.75) is 18.6 Å². The van der Waals surface area contributed by atoms with E-state index < -0.39 is 0 Å². The zero-order valence-electron chi connectivity index (χ0n) is 10.9. The molecule has 1 aliphatic rings. The van der Waals surface area contributed by atoms with E-state index >= 15 is 0 Å². The number of likely N-dealkylation sites (N-methyl/N-ethyl adjacent to an activating group) is 1. The van der Waals surface area contributed by atoms with Gasteiger partial charge in [0.05, 0.1) is 18.9 Å². The lowest BCUT2D eigenvalue weighted by molar-refractivity contribution is 0.0875. The fourth-order valence-corrected chi connectivity index (χ4v) is 2.46. The summed E-state index contributed by atoms with van der Waals surface area (Å²) in [5, 5.41) is 9.73. The van der Waals surface area contributed by atoms with E-state index in [4.69, 9.17) is 4.42 Å². The number of aliphatic hydroxyl groups excluding tert-OH is 1. The Morgan fingerprint density at radius 3 is 3.00 bits per heavy atom. The molecule has 18 heavy (non-hydrogen) atoms. The molecule has 0 bridgehead atoms. The van der Waals surface area contributed by atoms with Crippen LogP contribution in [0.3, 0.4) is 0 Å². The summed E-state index contributed by atoms with van der Waals surface area (Å²) >= 11 is 0. The van der Waals surface area contributed by atoms with Crippen LogP contribution in [0.1, 0.15) is 17.0 Å².